The third kappa shape index (κ3) is 9.15. The molecule has 10 nitrogen and oxygen atoms in total. The van der Waals surface area contributed by atoms with Gasteiger partial charge in [-0.3, -0.25) is 14.4 Å². The van der Waals surface area contributed by atoms with Gasteiger partial charge in [0.05, 0.1) is 6.04 Å². The summed E-state index contributed by atoms with van der Waals surface area (Å²) in [5.41, 5.74) is 6.73. The molecular formula is C21H32N4O6S. The first-order valence-electron chi connectivity index (χ1n) is 10.2. The van der Waals surface area contributed by atoms with Crippen molar-refractivity contribution in [3.05, 3.63) is 29.8 Å². The third-order valence-electron chi connectivity index (χ3n) is 4.62. The first kappa shape index (κ1) is 27.2. The van der Waals surface area contributed by atoms with Crippen LogP contribution in [-0.4, -0.2) is 63.8 Å². The van der Waals surface area contributed by atoms with Gasteiger partial charge in [0.1, 0.15) is 23.9 Å². The summed E-state index contributed by atoms with van der Waals surface area (Å²) in [5, 5.41) is 25.8. The van der Waals surface area contributed by atoms with E-state index >= 15 is 0 Å². The quantitative estimate of drug-likeness (QED) is 0.208. The largest absolute Gasteiger partial charge is 0.508 e. The lowest BCUT2D eigenvalue weighted by Gasteiger charge is -2.24. The van der Waals surface area contributed by atoms with Gasteiger partial charge >= 0.3 is 5.97 Å². The Hall–Kier alpha value is -2.79. The van der Waals surface area contributed by atoms with Crippen molar-refractivity contribution in [3.63, 3.8) is 0 Å². The second-order valence-electron chi connectivity index (χ2n) is 7.98. The number of carbonyl (C=O) groups excluding carboxylic acids is 3. The Kier molecular flexibility index (Phi) is 11.0. The van der Waals surface area contributed by atoms with E-state index in [1.807, 2.05) is 13.8 Å². The molecule has 0 heterocycles. The Morgan fingerprint density at radius 3 is 2.00 bits per heavy atom. The van der Waals surface area contributed by atoms with Crippen LogP contribution in [0.1, 0.15) is 32.8 Å². The van der Waals surface area contributed by atoms with Gasteiger partial charge in [-0.15, -0.1) is 0 Å². The van der Waals surface area contributed by atoms with Gasteiger partial charge in [0.2, 0.25) is 17.7 Å². The summed E-state index contributed by atoms with van der Waals surface area (Å²) in [4.78, 5) is 48.6. The molecule has 0 saturated carbocycles. The van der Waals surface area contributed by atoms with Crippen molar-refractivity contribution in [2.24, 2.45) is 11.7 Å². The van der Waals surface area contributed by atoms with Gasteiger partial charge in [-0.1, -0.05) is 26.0 Å². The topological polar surface area (TPSA) is 171 Å². The standard InChI is InChI=1S/C21H32N4O6S/c1-11(2)8-16(20(29)23-12(3)18(27)25-17(10-32)21(30)31)24-19(28)15(22)9-13-4-6-14(26)7-5-13/h4-7,11-12,15-17,26,32H,8-10,22H2,1-3H3,(H,23,29)(H,24,28)(H,25,27)(H,30,31). The fraction of sp³-hybridized carbons (Fsp3) is 0.524. The molecule has 0 aliphatic heterocycles. The predicted octanol–water partition coefficient (Wildman–Crippen LogP) is -0.203. The minimum absolute atomic E-state index is 0.0593. The predicted molar refractivity (Wildman–Crippen MR) is 122 cm³/mol. The first-order chi connectivity index (χ1) is 14.9. The number of nitrogens with one attached hydrogen (secondary N) is 3. The highest BCUT2D eigenvalue weighted by atomic mass is 32.1. The fourth-order valence-electron chi connectivity index (χ4n) is 2.82. The minimum atomic E-state index is -1.24. The second kappa shape index (κ2) is 12.9. The average molecular weight is 469 g/mol. The lowest BCUT2D eigenvalue weighted by Crippen LogP contribution is -2.56. The monoisotopic (exact) mass is 468 g/mol. The van der Waals surface area contributed by atoms with Crippen molar-refractivity contribution in [1.29, 1.82) is 0 Å². The van der Waals surface area contributed by atoms with Crippen molar-refractivity contribution in [3.8, 4) is 5.75 Å². The highest BCUT2D eigenvalue weighted by Gasteiger charge is 2.28. The van der Waals surface area contributed by atoms with E-state index in [9.17, 15) is 24.3 Å². The van der Waals surface area contributed by atoms with E-state index in [1.165, 1.54) is 19.1 Å². The molecule has 0 saturated heterocycles. The number of amides is 3. The Balaban J connectivity index is 2.75. The highest BCUT2D eigenvalue weighted by Crippen LogP contribution is 2.11. The number of phenols is 1. The number of phenolic OH excluding ortho intramolecular Hbond substituents is 1. The number of hydrogen-bond donors (Lipinski definition) is 7. The smallest absolute Gasteiger partial charge is 0.327 e. The molecule has 4 unspecified atom stereocenters. The number of aromatic hydroxyl groups is 1. The van der Waals surface area contributed by atoms with E-state index in [1.54, 1.807) is 12.1 Å². The van der Waals surface area contributed by atoms with Crippen molar-refractivity contribution in [2.75, 3.05) is 5.75 Å². The van der Waals surface area contributed by atoms with Crippen LogP contribution < -0.4 is 21.7 Å². The molecule has 1 aromatic rings. The van der Waals surface area contributed by atoms with Gasteiger partial charge in [-0.05, 0) is 43.4 Å². The summed E-state index contributed by atoms with van der Waals surface area (Å²) in [7, 11) is 0. The van der Waals surface area contributed by atoms with Crippen LogP contribution in [0.2, 0.25) is 0 Å². The molecule has 0 spiro atoms. The molecule has 1 aromatic carbocycles. The molecule has 7 N–H and O–H groups in total. The van der Waals surface area contributed by atoms with E-state index in [2.05, 4.69) is 28.6 Å². The average Bonchev–Trinajstić information content (AvgIpc) is 2.72. The first-order valence-corrected chi connectivity index (χ1v) is 10.9. The Morgan fingerprint density at radius 1 is 0.938 bits per heavy atom. The van der Waals surface area contributed by atoms with Crippen LogP contribution in [0.3, 0.4) is 0 Å². The Morgan fingerprint density at radius 2 is 1.50 bits per heavy atom. The third-order valence-corrected chi connectivity index (χ3v) is 4.98. The number of carboxylic acid groups (broad SMARTS) is 1. The highest BCUT2D eigenvalue weighted by molar-refractivity contribution is 7.80. The summed E-state index contributed by atoms with van der Waals surface area (Å²) >= 11 is 3.88. The van der Waals surface area contributed by atoms with Gasteiger partial charge in [0.15, 0.2) is 0 Å². The molecule has 0 fully saturated rings. The number of rotatable bonds is 12. The maximum Gasteiger partial charge on any atom is 0.327 e. The summed E-state index contributed by atoms with van der Waals surface area (Å²) in [6.07, 6.45) is 0.521. The molecule has 4 atom stereocenters. The molecule has 0 aliphatic carbocycles. The van der Waals surface area contributed by atoms with Crippen LogP contribution in [0.4, 0.5) is 0 Å². The van der Waals surface area contributed by atoms with Crippen molar-refractivity contribution in [1.82, 2.24) is 16.0 Å². The van der Waals surface area contributed by atoms with E-state index in [-0.39, 0.29) is 23.8 Å². The van der Waals surface area contributed by atoms with Crippen LogP contribution in [0.25, 0.3) is 0 Å². The molecule has 0 radical (unpaired) electrons. The van der Waals surface area contributed by atoms with Crippen LogP contribution in [-0.2, 0) is 25.6 Å². The fourth-order valence-corrected chi connectivity index (χ4v) is 3.07. The van der Waals surface area contributed by atoms with Crippen LogP contribution in [0.5, 0.6) is 5.75 Å². The van der Waals surface area contributed by atoms with Gasteiger partial charge in [0, 0.05) is 5.75 Å². The zero-order valence-corrected chi connectivity index (χ0v) is 19.3. The van der Waals surface area contributed by atoms with Crippen LogP contribution >= 0.6 is 12.6 Å². The molecule has 11 heteroatoms. The van der Waals surface area contributed by atoms with Gasteiger partial charge in [-0.25, -0.2) is 4.79 Å². The molecule has 3 amide bonds. The van der Waals surface area contributed by atoms with E-state index in [4.69, 9.17) is 10.8 Å². The maximum absolute atomic E-state index is 12.7. The van der Waals surface area contributed by atoms with Crippen molar-refractivity contribution >= 4 is 36.3 Å². The number of carbonyl (C=O) groups is 4. The van der Waals surface area contributed by atoms with Crippen molar-refractivity contribution < 1.29 is 29.4 Å². The zero-order chi connectivity index (χ0) is 24.4. The number of aliphatic carboxylic acids is 1. The lowest BCUT2D eigenvalue weighted by molar-refractivity contribution is -0.141. The number of carboxylic acids is 1. The normalized spacial score (nSPS) is 14.7. The number of thiol groups is 1. The molecular weight excluding hydrogens is 436 g/mol. The van der Waals surface area contributed by atoms with E-state index in [0.717, 1.165) is 5.56 Å². The van der Waals surface area contributed by atoms with Crippen molar-refractivity contribution in [2.45, 2.75) is 57.8 Å². The summed E-state index contributed by atoms with van der Waals surface area (Å²) in [6, 6.07) is 2.22. The Bertz CT molecular complexity index is 802. The van der Waals surface area contributed by atoms with Gasteiger partial charge < -0.3 is 31.9 Å². The molecule has 0 bridgehead atoms. The number of hydrogen-bond acceptors (Lipinski definition) is 7. The van der Waals surface area contributed by atoms with Crippen LogP contribution in [0, 0.1) is 5.92 Å². The van der Waals surface area contributed by atoms with E-state index < -0.39 is 47.9 Å². The minimum Gasteiger partial charge on any atom is -0.508 e. The maximum atomic E-state index is 12.7. The zero-order valence-electron chi connectivity index (χ0n) is 18.4. The molecule has 178 valence electrons. The lowest BCUT2D eigenvalue weighted by atomic mass is 10.0. The molecule has 0 aliphatic rings. The molecule has 32 heavy (non-hydrogen) atoms. The summed E-state index contributed by atoms with van der Waals surface area (Å²) < 4.78 is 0. The van der Waals surface area contributed by atoms with E-state index in [0.29, 0.717) is 6.42 Å². The number of nitrogens with two attached hydrogens (primary N) is 1. The molecule has 1 rings (SSSR count). The second-order valence-corrected chi connectivity index (χ2v) is 8.35. The SMILES string of the molecule is CC(C)CC(NC(=O)C(N)Cc1ccc(O)cc1)C(=O)NC(C)C(=O)NC(CS)C(=O)O. The summed E-state index contributed by atoms with van der Waals surface area (Å²) in [5.74, 6) is -2.97. The number of benzene rings is 1. The van der Waals surface area contributed by atoms with Crippen LogP contribution in [0.15, 0.2) is 24.3 Å². The Labute approximate surface area is 192 Å². The molecule has 0 aromatic heterocycles. The van der Waals surface area contributed by atoms with Gasteiger partial charge in [0.25, 0.3) is 0 Å². The van der Waals surface area contributed by atoms with Gasteiger partial charge in [-0.2, -0.15) is 12.6 Å². The summed E-state index contributed by atoms with van der Waals surface area (Å²) in [6.45, 7) is 5.17.